The highest BCUT2D eigenvalue weighted by molar-refractivity contribution is 4.90. The van der Waals surface area contributed by atoms with E-state index >= 15 is 0 Å². The normalized spacial score (nSPS) is 27.8. The Bertz CT molecular complexity index is 268. The highest BCUT2D eigenvalue weighted by Crippen LogP contribution is 2.39. The van der Waals surface area contributed by atoms with Crippen molar-refractivity contribution in [3.05, 3.63) is 0 Å². The molecule has 0 aromatic carbocycles. The van der Waals surface area contributed by atoms with E-state index in [1.165, 1.54) is 25.8 Å². The molecule has 20 heavy (non-hydrogen) atoms. The zero-order chi connectivity index (χ0) is 15.2. The molecule has 1 fully saturated rings. The van der Waals surface area contributed by atoms with Gasteiger partial charge in [0, 0.05) is 25.7 Å². The average molecular weight is 284 g/mol. The number of rotatable bonds is 8. The van der Waals surface area contributed by atoms with E-state index in [1.54, 1.807) is 7.11 Å². The van der Waals surface area contributed by atoms with Crippen molar-refractivity contribution in [2.24, 2.45) is 11.3 Å². The first kappa shape index (κ1) is 17.9. The molecule has 3 unspecified atom stereocenters. The van der Waals surface area contributed by atoms with E-state index in [4.69, 9.17) is 4.74 Å². The molecule has 3 heteroatoms. The maximum absolute atomic E-state index is 5.33. The van der Waals surface area contributed by atoms with Crippen LogP contribution < -0.4 is 5.32 Å². The molecule has 1 rings (SSSR count). The Hall–Kier alpha value is -0.120. The number of ether oxygens (including phenoxy) is 1. The molecule has 1 aliphatic carbocycles. The molecule has 0 amide bonds. The van der Waals surface area contributed by atoms with Gasteiger partial charge in [-0.3, -0.25) is 4.90 Å². The van der Waals surface area contributed by atoms with Gasteiger partial charge in [-0.15, -0.1) is 0 Å². The average Bonchev–Trinajstić information content (AvgIpc) is 2.38. The lowest BCUT2D eigenvalue weighted by atomic mass is 9.69. The molecule has 0 aliphatic heterocycles. The zero-order valence-corrected chi connectivity index (χ0v) is 14.5. The maximum Gasteiger partial charge on any atom is 0.0615 e. The lowest BCUT2D eigenvalue weighted by Crippen LogP contribution is -2.49. The summed E-state index contributed by atoms with van der Waals surface area (Å²) in [6.07, 6.45) is 4.00. The van der Waals surface area contributed by atoms with Gasteiger partial charge >= 0.3 is 0 Å². The predicted molar refractivity (Wildman–Crippen MR) is 87.2 cm³/mol. The van der Waals surface area contributed by atoms with Crippen molar-refractivity contribution in [3.63, 3.8) is 0 Å². The number of hydrogen-bond acceptors (Lipinski definition) is 3. The van der Waals surface area contributed by atoms with Crippen molar-refractivity contribution in [1.29, 1.82) is 0 Å². The van der Waals surface area contributed by atoms with Gasteiger partial charge in [-0.25, -0.2) is 0 Å². The summed E-state index contributed by atoms with van der Waals surface area (Å²) in [6, 6.07) is 1.20. The van der Waals surface area contributed by atoms with Crippen molar-refractivity contribution < 1.29 is 4.74 Å². The lowest BCUT2D eigenvalue weighted by Gasteiger charge is -2.44. The molecule has 0 bridgehead atoms. The molecule has 0 aromatic heterocycles. The van der Waals surface area contributed by atoms with Gasteiger partial charge in [-0.05, 0) is 50.6 Å². The van der Waals surface area contributed by atoms with Crippen molar-refractivity contribution in [3.8, 4) is 0 Å². The lowest BCUT2D eigenvalue weighted by molar-refractivity contribution is 0.0580. The second-order valence-corrected chi connectivity index (χ2v) is 7.22. The quantitative estimate of drug-likeness (QED) is 0.741. The zero-order valence-electron chi connectivity index (χ0n) is 14.5. The van der Waals surface area contributed by atoms with Gasteiger partial charge in [0.2, 0.25) is 0 Å². The second kappa shape index (κ2) is 8.35. The van der Waals surface area contributed by atoms with Gasteiger partial charge in [-0.1, -0.05) is 27.7 Å². The fraction of sp³-hybridized carbons (Fsp3) is 1.00. The van der Waals surface area contributed by atoms with Crippen LogP contribution in [-0.4, -0.2) is 50.3 Å². The van der Waals surface area contributed by atoms with Crippen LogP contribution in [0.2, 0.25) is 0 Å². The summed E-state index contributed by atoms with van der Waals surface area (Å²) >= 11 is 0. The molecule has 1 aliphatic rings. The van der Waals surface area contributed by atoms with E-state index in [9.17, 15) is 0 Å². The molecule has 0 radical (unpaired) electrons. The van der Waals surface area contributed by atoms with Gasteiger partial charge in [0.15, 0.2) is 0 Å². The topological polar surface area (TPSA) is 24.5 Å². The Morgan fingerprint density at radius 2 is 2.05 bits per heavy atom. The summed E-state index contributed by atoms with van der Waals surface area (Å²) < 4.78 is 5.33. The van der Waals surface area contributed by atoms with Crippen LogP contribution in [-0.2, 0) is 4.74 Å². The number of hydrogen-bond donors (Lipinski definition) is 1. The van der Waals surface area contributed by atoms with E-state index < -0.39 is 0 Å². The molecule has 3 atom stereocenters. The summed E-state index contributed by atoms with van der Waals surface area (Å²) in [5.41, 5.74) is 0.500. The van der Waals surface area contributed by atoms with Crippen molar-refractivity contribution >= 4 is 0 Å². The van der Waals surface area contributed by atoms with Gasteiger partial charge in [0.05, 0.1) is 6.61 Å². The molecular weight excluding hydrogens is 248 g/mol. The van der Waals surface area contributed by atoms with Gasteiger partial charge < -0.3 is 10.1 Å². The summed E-state index contributed by atoms with van der Waals surface area (Å²) in [5.74, 6) is 0.762. The molecule has 1 N–H and O–H groups in total. The first-order chi connectivity index (χ1) is 9.43. The fourth-order valence-electron chi connectivity index (χ4n) is 3.73. The largest absolute Gasteiger partial charge is 0.383 e. The number of likely N-dealkylation sites (N-methyl/N-ethyl adjacent to an activating group) is 1. The Morgan fingerprint density at radius 3 is 2.60 bits per heavy atom. The highest BCUT2D eigenvalue weighted by atomic mass is 16.5. The summed E-state index contributed by atoms with van der Waals surface area (Å²) in [6.45, 7) is 15.8. The highest BCUT2D eigenvalue weighted by Gasteiger charge is 2.35. The fourth-order valence-corrected chi connectivity index (χ4v) is 3.73. The Labute approximate surface area is 126 Å². The van der Waals surface area contributed by atoms with Crippen LogP contribution in [0.5, 0.6) is 0 Å². The third kappa shape index (κ3) is 5.34. The van der Waals surface area contributed by atoms with Gasteiger partial charge in [0.25, 0.3) is 0 Å². The molecule has 120 valence electrons. The Morgan fingerprint density at radius 1 is 1.35 bits per heavy atom. The molecule has 0 saturated heterocycles. The Kier molecular flexibility index (Phi) is 7.49. The molecule has 3 nitrogen and oxygen atoms in total. The summed E-state index contributed by atoms with van der Waals surface area (Å²) in [4.78, 5) is 2.58. The molecule has 0 heterocycles. The second-order valence-electron chi connectivity index (χ2n) is 7.22. The van der Waals surface area contributed by atoms with Crippen molar-refractivity contribution in [2.75, 3.05) is 33.4 Å². The monoisotopic (exact) mass is 284 g/mol. The standard InChI is InChI=1S/C17H36N2O/c1-7-18-16-9-10-17(4,5)11-15(16)12-19(8-2)14(3)13-20-6/h14-16,18H,7-13H2,1-6H3. The minimum absolute atomic E-state index is 0.500. The molecule has 0 aromatic rings. The smallest absolute Gasteiger partial charge is 0.0615 e. The first-order valence-corrected chi connectivity index (χ1v) is 8.39. The third-order valence-corrected chi connectivity index (χ3v) is 4.89. The van der Waals surface area contributed by atoms with E-state index in [-0.39, 0.29) is 0 Å². The Balaban J connectivity index is 2.66. The van der Waals surface area contributed by atoms with E-state index in [2.05, 4.69) is 44.8 Å². The third-order valence-electron chi connectivity index (χ3n) is 4.89. The number of methoxy groups -OCH3 is 1. The molecular formula is C17H36N2O. The maximum atomic E-state index is 5.33. The van der Waals surface area contributed by atoms with Crippen molar-refractivity contribution in [1.82, 2.24) is 10.2 Å². The van der Waals surface area contributed by atoms with Crippen LogP contribution in [0, 0.1) is 11.3 Å². The van der Waals surface area contributed by atoms with Gasteiger partial charge in [0.1, 0.15) is 0 Å². The summed E-state index contributed by atoms with van der Waals surface area (Å²) in [5, 5.41) is 3.71. The van der Waals surface area contributed by atoms with E-state index in [1.807, 2.05) is 0 Å². The van der Waals surface area contributed by atoms with Crippen LogP contribution >= 0.6 is 0 Å². The van der Waals surface area contributed by atoms with Gasteiger partial charge in [-0.2, -0.15) is 0 Å². The predicted octanol–water partition coefficient (Wildman–Crippen LogP) is 3.15. The summed E-state index contributed by atoms with van der Waals surface area (Å²) in [7, 11) is 1.80. The van der Waals surface area contributed by atoms with Crippen LogP contribution in [0.15, 0.2) is 0 Å². The van der Waals surface area contributed by atoms with Crippen LogP contribution in [0.4, 0.5) is 0 Å². The minimum Gasteiger partial charge on any atom is -0.383 e. The van der Waals surface area contributed by atoms with E-state index in [0.29, 0.717) is 17.5 Å². The van der Waals surface area contributed by atoms with E-state index in [0.717, 1.165) is 25.6 Å². The number of nitrogens with one attached hydrogen (secondary N) is 1. The van der Waals surface area contributed by atoms with Crippen LogP contribution in [0.1, 0.15) is 53.9 Å². The minimum atomic E-state index is 0.500. The van der Waals surface area contributed by atoms with Crippen LogP contribution in [0.3, 0.4) is 0 Å². The SMILES string of the molecule is CCNC1CCC(C)(C)CC1CN(CC)C(C)COC. The molecule has 1 saturated carbocycles. The van der Waals surface area contributed by atoms with Crippen LogP contribution in [0.25, 0.3) is 0 Å². The first-order valence-electron chi connectivity index (χ1n) is 8.39. The number of nitrogens with zero attached hydrogens (tertiary/aromatic N) is 1. The molecule has 0 spiro atoms. The van der Waals surface area contributed by atoms with Crippen molar-refractivity contribution in [2.45, 2.75) is 66.0 Å².